The summed E-state index contributed by atoms with van der Waals surface area (Å²) in [5.74, 6) is 0.461. The summed E-state index contributed by atoms with van der Waals surface area (Å²) in [5, 5.41) is 9.41. The molecule has 0 saturated carbocycles. The molecular formula is C20H26ClN3O. The first-order valence-corrected chi connectivity index (χ1v) is 8.46. The molecule has 0 atom stereocenters. The fourth-order valence-corrected chi connectivity index (χ4v) is 2.71. The fraction of sp³-hybridized carbons (Fsp3) is 0.300. The van der Waals surface area contributed by atoms with E-state index in [9.17, 15) is 4.79 Å². The van der Waals surface area contributed by atoms with Crippen LogP contribution in [0.1, 0.15) is 35.7 Å². The number of benzene rings is 2. The van der Waals surface area contributed by atoms with E-state index in [-0.39, 0.29) is 12.3 Å². The molecule has 2 N–H and O–H groups in total. The molecule has 4 nitrogen and oxygen atoms in total. The monoisotopic (exact) mass is 359 g/mol. The van der Waals surface area contributed by atoms with Gasteiger partial charge in [0.1, 0.15) is 0 Å². The van der Waals surface area contributed by atoms with Crippen LogP contribution in [0.15, 0.2) is 42.5 Å². The van der Waals surface area contributed by atoms with Crippen molar-refractivity contribution >= 4 is 35.5 Å². The number of nitrogens with one attached hydrogen (secondary N) is 2. The molecule has 0 fully saturated rings. The van der Waals surface area contributed by atoms with E-state index < -0.39 is 0 Å². The SMILES string of the molecule is C=N.CC(C)c1cccc(NCC(=O)c2ccc(Cl)cc2)c1N(C)C. The molecule has 0 spiro atoms. The Hall–Kier alpha value is -2.33. The number of carbonyl (C=O) groups excluding carboxylic acids is 1. The van der Waals surface area contributed by atoms with Gasteiger partial charge in [0, 0.05) is 24.7 Å². The standard InChI is InChI=1S/C19H23ClN2O.CH3N/c1-13(2)16-6-5-7-17(19(16)22(3)4)21-12-18(23)14-8-10-15(20)11-9-14;1-2/h5-11,13,21H,12H2,1-4H3;2H,1H2. The number of para-hydroxylation sites is 1. The number of hydrogen-bond donors (Lipinski definition) is 2. The summed E-state index contributed by atoms with van der Waals surface area (Å²) in [7, 11) is 4.04. The van der Waals surface area contributed by atoms with Gasteiger partial charge in [-0.2, -0.15) is 0 Å². The summed E-state index contributed by atoms with van der Waals surface area (Å²) in [6.07, 6.45) is 0. The van der Waals surface area contributed by atoms with Crippen molar-refractivity contribution < 1.29 is 4.79 Å². The Morgan fingerprint density at radius 1 is 1.16 bits per heavy atom. The summed E-state index contributed by atoms with van der Waals surface area (Å²) in [6, 6.07) is 13.1. The Morgan fingerprint density at radius 2 is 1.76 bits per heavy atom. The fourth-order valence-electron chi connectivity index (χ4n) is 2.58. The molecule has 0 heterocycles. The Morgan fingerprint density at radius 3 is 2.28 bits per heavy atom. The quantitative estimate of drug-likeness (QED) is 0.558. The van der Waals surface area contributed by atoms with Crippen LogP contribution in [0.4, 0.5) is 11.4 Å². The Balaban J connectivity index is 0.00000151. The number of ketones is 1. The van der Waals surface area contributed by atoms with Gasteiger partial charge in [-0.05, 0) is 48.5 Å². The zero-order valence-electron chi connectivity index (χ0n) is 15.3. The van der Waals surface area contributed by atoms with Crippen molar-refractivity contribution in [2.24, 2.45) is 0 Å². The smallest absolute Gasteiger partial charge is 0.181 e. The third kappa shape index (κ3) is 5.61. The van der Waals surface area contributed by atoms with Gasteiger partial charge >= 0.3 is 0 Å². The van der Waals surface area contributed by atoms with Crippen molar-refractivity contribution in [3.8, 4) is 0 Å². The number of anilines is 2. The summed E-state index contributed by atoms with van der Waals surface area (Å²) in [6.45, 7) is 7.10. The lowest BCUT2D eigenvalue weighted by molar-refractivity contribution is 0.101. The highest BCUT2D eigenvalue weighted by molar-refractivity contribution is 6.30. The molecule has 5 heteroatoms. The molecular weight excluding hydrogens is 334 g/mol. The summed E-state index contributed by atoms with van der Waals surface area (Å²) in [4.78, 5) is 14.4. The molecule has 0 saturated heterocycles. The number of hydrogen-bond acceptors (Lipinski definition) is 4. The summed E-state index contributed by atoms with van der Waals surface area (Å²) in [5.41, 5.74) is 4.03. The van der Waals surface area contributed by atoms with Crippen molar-refractivity contribution in [1.29, 1.82) is 5.41 Å². The predicted octanol–water partition coefficient (Wildman–Crippen LogP) is 5.09. The van der Waals surface area contributed by atoms with Gasteiger partial charge < -0.3 is 15.6 Å². The number of carbonyl (C=O) groups is 1. The maximum atomic E-state index is 12.3. The molecule has 25 heavy (non-hydrogen) atoms. The van der Waals surface area contributed by atoms with Crippen LogP contribution >= 0.6 is 11.6 Å². The second-order valence-corrected chi connectivity index (χ2v) is 6.51. The Labute approximate surface area is 155 Å². The molecule has 2 aromatic carbocycles. The van der Waals surface area contributed by atoms with Gasteiger partial charge in [-0.1, -0.05) is 37.6 Å². The van der Waals surface area contributed by atoms with E-state index in [1.807, 2.05) is 26.2 Å². The highest BCUT2D eigenvalue weighted by Crippen LogP contribution is 2.33. The number of nitrogens with zero attached hydrogens (tertiary/aromatic N) is 1. The van der Waals surface area contributed by atoms with Gasteiger partial charge in [0.25, 0.3) is 0 Å². The highest BCUT2D eigenvalue weighted by Gasteiger charge is 2.14. The molecule has 0 radical (unpaired) electrons. The number of Topliss-reactive ketones (excluding diaryl/α,β-unsaturated/α-hetero) is 1. The zero-order valence-corrected chi connectivity index (χ0v) is 16.0. The lowest BCUT2D eigenvalue weighted by atomic mass is 9.99. The molecule has 0 aliphatic rings. The third-order valence-corrected chi connectivity index (χ3v) is 3.99. The minimum atomic E-state index is 0.0429. The van der Waals surface area contributed by atoms with Crippen LogP contribution < -0.4 is 10.2 Å². The third-order valence-electron chi connectivity index (χ3n) is 3.74. The van der Waals surface area contributed by atoms with Crippen LogP contribution in [-0.2, 0) is 0 Å². The van der Waals surface area contributed by atoms with E-state index in [4.69, 9.17) is 17.0 Å². The van der Waals surface area contributed by atoms with E-state index >= 15 is 0 Å². The topological polar surface area (TPSA) is 56.2 Å². The van der Waals surface area contributed by atoms with E-state index in [1.54, 1.807) is 24.3 Å². The van der Waals surface area contributed by atoms with Crippen molar-refractivity contribution in [3.63, 3.8) is 0 Å². The first-order chi connectivity index (χ1) is 11.9. The minimum absolute atomic E-state index is 0.0429. The van der Waals surface area contributed by atoms with Crippen LogP contribution in [0.2, 0.25) is 5.02 Å². The van der Waals surface area contributed by atoms with Gasteiger partial charge in [-0.25, -0.2) is 0 Å². The second kappa shape index (κ2) is 9.84. The van der Waals surface area contributed by atoms with Crippen LogP contribution in [0.25, 0.3) is 0 Å². The minimum Gasteiger partial charge on any atom is -0.376 e. The van der Waals surface area contributed by atoms with E-state index in [0.717, 1.165) is 11.4 Å². The van der Waals surface area contributed by atoms with Crippen molar-refractivity contribution in [2.75, 3.05) is 30.9 Å². The Bertz CT molecular complexity index is 697. The lowest BCUT2D eigenvalue weighted by Crippen LogP contribution is -2.18. The van der Waals surface area contributed by atoms with Crippen molar-refractivity contribution in [2.45, 2.75) is 19.8 Å². The first kappa shape index (κ1) is 20.7. The maximum absolute atomic E-state index is 12.3. The normalized spacial score (nSPS) is 10.0. The van der Waals surface area contributed by atoms with Crippen LogP contribution in [0.3, 0.4) is 0 Å². The maximum Gasteiger partial charge on any atom is 0.181 e. The van der Waals surface area contributed by atoms with Crippen LogP contribution in [0, 0.1) is 5.41 Å². The highest BCUT2D eigenvalue weighted by atomic mass is 35.5. The van der Waals surface area contributed by atoms with E-state index in [2.05, 4.69) is 36.8 Å². The number of halogens is 1. The van der Waals surface area contributed by atoms with E-state index in [1.165, 1.54) is 5.56 Å². The van der Waals surface area contributed by atoms with Gasteiger partial charge in [-0.15, -0.1) is 0 Å². The largest absolute Gasteiger partial charge is 0.376 e. The molecule has 134 valence electrons. The molecule has 0 unspecified atom stereocenters. The predicted molar refractivity (Wildman–Crippen MR) is 109 cm³/mol. The molecule has 0 bridgehead atoms. The lowest BCUT2D eigenvalue weighted by Gasteiger charge is -2.24. The molecule has 0 aromatic heterocycles. The summed E-state index contributed by atoms with van der Waals surface area (Å²) >= 11 is 5.86. The average Bonchev–Trinajstić information content (AvgIpc) is 2.61. The first-order valence-electron chi connectivity index (χ1n) is 8.08. The summed E-state index contributed by atoms with van der Waals surface area (Å²) < 4.78 is 0. The Kier molecular flexibility index (Phi) is 8.16. The van der Waals surface area contributed by atoms with Crippen molar-refractivity contribution in [3.05, 3.63) is 58.6 Å². The van der Waals surface area contributed by atoms with Crippen molar-refractivity contribution in [1.82, 2.24) is 0 Å². The van der Waals surface area contributed by atoms with E-state index in [0.29, 0.717) is 16.5 Å². The molecule has 0 amide bonds. The molecule has 2 rings (SSSR count). The average molecular weight is 360 g/mol. The van der Waals surface area contributed by atoms with Gasteiger partial charge in [0.2, 0.25) is 0 Å². The van der Waals surface area contributed by atoms with Gasteiger partial charge in [-0.3, -0.25) is 4.79 Å². The van der Waals surface area contributed by atoms with Crippen LogP contribution in [-0.4, -0.2) is 33.1 Å². The van der Waals surface area contributed by atoms with Crippen LogP contribution in [0.5, 0.6) is 0 Å². The van der Waals surface area contributed by atoms with Gasteiger partial charge in [0.05, 0.1) is 17.9 Å². The zero-order chi connectivity index (χ0) is 19.0. The number of rotatable bonds is 6. The second-order valence-electron chi connectivity index (χ2n) is 6.08. The molecule has 2 aromatic rings. The van der Waals surface area contributed by atoms with Gasteiger partial charge in [0.15, 0.2) is 5.78 Å². The molecule has 0 aliphatic carbocycles. The molecule has 0 aliphatic heterocycles.